The summed E-state index contributed by atoms with van der Waals surface area (Å²) in [5.74, 6) is 0.508. The van der Waals surface area contributed by atoms with Crippen molar-refractivity contribution in [1.82, 2.24) is 0 Å². The van der Waals surface area contributed by atoms with Crippen LogP contribution in [0, 0.1) is 5.82 Å². The minimum atomic E-state index is -1.53. The molecule has 0 unspecified atom stereocenters. The Morgan fingerprint density at radius 3 is 2.69 bits per heavy atom. The van der Waals surface area contributed by atoms with Crippen LogP contribution in [0.3, 0.4) is 0 Å². The minimum absolute atomic E-state index is 0.244. The van der Waals surface area contributed by atoms with Gasteiger partial charge < -0.3 is 8.84 Å². The molecule has 4 heteroatoms. The first kappa shape index (κ1) is 11.4. The van der Waals surface area contributed by atoms with Crippen molar-refractivity contribution in [2.24, 2.45) is 0 Å². The lowest BCUT2D eigenvalue weighted by molar-refractivity contribution is 0.268. The minimum Gasteiger partial charge on any atom is -0.459 e. The van der Waals surface area contributed by atoms with Crippen LogP contribution in [0.2, 0.25) is 19.6 Å². The van der Waals surface area contributed by atoms with Gasteiger partial charge in [0, 0.05) is 5.39 Å². The van der Waals surface area contributed by atoms with Crippen molar-refractivity contribution >= 4 is 19.3 Å². The van der Waals surface area contributed by atoms with E-state index >= 15 is 0 Å². The molecule has 0 fully saturated rings. The molecule has 0 N–H and O–H groups in total. The largest absolute Gasteiger partial charge is 0.459 e. The van der Waals surface area contributed by atoms with Crippen LogP contribution < -0.4 is 0 Å². The van der Waals surface area contributed by atoms with Crippen LogP contribution in [-0.2, 0) is 11.0 Å². The second kappa shape index (κ2) is 4.03. The van der Waals surface area contributed by atoms with E-state index in [1.807, 2.05) is 6.07 Å². The molecule has 2 aromatic rings. The lowest BCUT2D eigenvalue weighted by atomic mass is 10.2. The van der Waals surface area contributed by atoms with Crippen LogP contribution in [0.25, 0.3) is 11.0 Å². The third-order valence-corrected chi connectivity index (χ3v) is 3.19. The van der Waals surface area contributed by atoms with E-state index in [2.05, 4.69) is 19.6 Å². The van der Waals surface area contributed by atoms with E-state index in [-0.39, 0.29) is 5.82 Å². The van der Waals surface area contributed by atoms with Gasteiger partial charge in [0.1, 0.15) is 17.2 Å². The second-order valence-corrected chi connectivity index (χ2v) is 9.31. The van der Waals surface area contributed by atoms with Gasteiger partial charge in [-0.3, -0.25) is 0 Å². The first-order valence-electron chi connectivity index (χ1n) is 5.26. The standard InChI is InChI=1S/C12H15FO2Si/c1-16(2,3)14-8-11-7-9-6-10(13)4-5-12(9)15-11/h4-7H,8H2,1-3H3. The zero-order valence-corrected chi connectivity index (χ0v) is 10.7. The summed E-state index contributed by atoms with van der Waals surface area (Å²) in [7, 11) is -1.53. The zero-order chi connectivity index (χ0) is 11.8. The molecule has 1 aromatic heterocycles. The second-order valence-electron chi connectivity index (χ2n) is 4.80. The molecule has 0 saturated carbocycles. The summed E-state index contributed by atoms with van der Waals surface area (Å²) in [5, 5.41) is 0.786. The summed E-state index contributed by atoms with van der Waals surface area (Å²) in [6, 6.07) is 6.34. The fourth-order valence-electron chi connectivity index (χ4n) is 1.43. The monoisotopic (exact) mass is 238 g/mol. The van der Waals surface area contributed by atoms with Crippen molar-refractivity contribution in [2.75, 3.05) is 0 Å². The smallest absolute Gasteiger partial charge is 0.184 e. The molecule has 0 aliphatic heterocycles. The zero-order valence-electron chi connectivity index (χ0n) is 9.71. The van der Waals surface area contributed by atoms with Crippen molar-refractivity contribution in [3.63, 3.8) is 0 Å². The first-order valence-corrected chi connectivity index (χ1v) is 8.67. The van der Waals surface area contributed by atoms with Crippen LogP contribution in [0.15, 0.2) is 28.7 Å². The van der Waals surface area contributed by atoms with Crippen molar-refractivity contribution in [2.45, 2.75) is 26.2 Å². The molecule has 0 atom stereocenters. The van der Waals surface area contributed by atoms with E-state index in [0.29, 0.717) is 12.2 Å². The third-order valence-electron chi connectivity index (χ3n) is 2.18. The van der Waals surface area contributed by atoms with Gasteiger partial charge in [0.05, 0.1) is 6.61 Å². The molecule has 1 heterocycles. The molecule has 1 aromatic carbocycles. The lowest BCUT2D eigenvalue weighted by Crippen LogP contribution is -2.24. The predicted octanol–water partition coefficient (Wildman–Crippen LogP) is 3.92. The molecule has 0 aliphatic rings. The molecular formula is C12H15FO2Si. The topological polar surface area (TPSA) is 22.4 Å². The summed E-state index contributed by atoms with van der Waals surface area (Å²) in [6.45, 7) is 6.83. The normalized spacial score (nSPS) is 12.2. The van der Waals surface area contributed by atoms with Crippen molar-refractivity contribution in [3.05, 3.63) is 35.8 Å². The number of rotatable bonds is 3. The van der Waals surface area contributed by atoms with Crippen LogP contribution in [0.4, 0.5) is 4.39 Å². The maximum Gasteiger partial charge on any atom is 0.184 e. The summed E-state index contributed by atoms with van der Waals surface area (Å²) in [6.07, 6.45) is 0. The Morgan fingerprint density at radius 1 is 1.25 bits per heavy atom. The van der Waals surface area contributed by atoms with Gasteiger partial charge in [-0.25, -0.2) is 4.39 Å². The number of hydrogen-bond acceptors (Lipinski definition) is 2. The number of hydrogen-bond donors (Lipinski definition) is 0. The van der Waals surface area contributed by atoms with Crippen molar-refractivity contribution in [1.29, 1.82) is 0 Å². The molecule has 86 valence electrons. The van der Waals surface area contributed by atoms with Gasteiger partial charge in [0.25, 0.3) is 0 Å². The Bertz CT molecular complexity index is 499. The molecule has 0 bridgehead atoms. The summed E-state index contributed by atoms with van der Waals surface area (Å²) in [5.41, 5.74) is 0.704. The molecule has 0 spiro atoms. The number of halogens is 1. The summed E-state index contributed by atoms with van der Waals surface area (Å²) in [4.78, 5) is 0. The fourth-order valence-corrected chi connectivity index (χ4v) is 2.00. The van der Waals surface area contributed by atoms with Gasteiger partial charge in [0.15, 0.2) is 8.32 Å². The van der Waals surface area contributed by atoms with Crippen molar-refractivity contribution < 1.29 is 13.2 Å². The highest BCUT2D eigenvalue weighted by Gasteiger charge is 2.15. The van der Waals surface area contributed by atoms with E-state index in [9.17, 15) is 4.39 Å². The summed E-state index contributed by atoms with van der Waals surface area (Å²) < 4.78 is 24.2. The van der Waals surface area contributed by atoms with Crippen LogP contribution in [0.5, 0.6) is 0 Å². The van der Waals surface area contributed by atoms with Gasteiger partial charge in [-0.15, -0.1) is 0 Å². The van der Waals surface area contributed by atoms with Crippen LogP contribution in [-0.4, -0.2) is 8.32 Å². The van der Waals surface area contributed by atoms with Gasteiger partial charge in [-0.1, -0.05) is 0 Å². The Kier molecular flexibility index (Phi) is 2.86. The summed E-state index contributed by atoms with van der Waals surface area (Å²) >= 11 is 0. The Morgan fingerprint density at radius 2 is 2.00 bits per heavy atom. The van der Waals surface area contributed by atoms with Gasteiger partial charge in [-0.05, 0) is 43.9 Å². The first-order chi connectivity index (χ1) is 7.44. The molecule has 16 heavy (non-hydrogen) atoms. The highest BCUT2D eigenvalue weighted by Crippen LogP contribution is 2.21. The maximum atomic E-state index is 13.0. The molecule has 0 amide bonds. The molecule has 2 nitrogen and oxygen atoms in total. The molecule has 0 saturated heterocycles. The highest BCUT2D eigenvalue weighted by molar-refractivity contribution is 6.69. The number of furan rings is 1. The quantitative estimate of drug-likeness (QED) is 0.756. The lowest BCUT2D eigenvalue weighted by Gasteiger charge is -2.15. The van der Waals surface area contributed by atoms with E-state index < -0.39 is 8.32 Å². The molecule has 0 aliphatic carbocycles. The van der Waals surface area contributed by atoms with E-state index in [1.54, 1.807) is 6.07 Å². The molecule has 2 rings (SSSR count). The van der Waals surface area contributed by atoms with Gasteiger partial charge in [0.2, 0.25) is 0 Å². The average Bonchev–Trinajstić information content (AvgIpc) is 2.55. The maximum absolute atomic E-state index is 13.0. The number of fused-ring (bicyclic) bond motifs is 1. The fraction of sp³-hybridized carbons (Fsp3) is 0.333. The number of benzene rings is 1. The highest BCUT2D eigenvalue weighted by atomic mass is 28.4. The van der Waals surface area contributed by atoms with Crippen molar-refractivity contribution in [3.8, 4) is 0 Å². The third kappa shape index (κ3) is 2.71. The molecular weight excluding hydrogens is 223 g/mol. The SMILES string of the molecule is C[Si](C)(C)OCc1cc2cc(F)ccc2o1. The van der Waals surface area contributed by atoms with Gasteiger partial charge >= 0.3 is 0 Å². The van der Waals surface area contributed by atoms with Crippen LogP contribution in [0.1, 0.15) is 5.76 Å². The Hall–Kier alpha value is -1.13. The van der Waals surface area contributed by atoms with Crippen LogP contribution >= 0.6 is 0 Å². The van der Waals surface area contributed by atoms with E-state index in [4.69, 9.17) is 8.84 Å². The van der Waals surface area contributed by atoms with E-state index in [0.717, 1.165) is 11.1 Å². The van der Waals surface area contributed by atoms with Gasteiger partial charge in [-0.2, -0.15) is 0 Å². The Balaban J connectivity index is 2.20. The average molecular weight is 238 g/mol. The predicted molar refractivity (Wildman–Crippen MR) is 64.3 cm³/mol. The molecule has 0 radical (unpaired) electrons. The Labute approximate surface area is 95.2 Å². The van der Waals surface area contributed by atoms with E-state index in [1.165, 1.54) is 12.1 Å².